The third-order valence-electron chi connectivity index (χ3n) is 3.42. The second kappa shape index (κ2) is 5.66. The maximum absolute atomic E-state index is 14.7. The van der Waals surface area contributed by atoms with Crippen LogP contribution in [0.2, 0.25) is 0 Å². The highest BCUT2D eigenvalue weighted by Gasteiger charge is 2.56. The van der Waals surface area contributed by atoms with Crippen molar-refractivity contribution in [1.29, 1.82) is 0 Å². The molecule has 0 saturated heterocycles. The molecule has 1 atom stereocenters. The molecule has 2 rings (SSSR count). The first-order valence-corrected chi connectivity index (χ1v) is 6.41. The summed E-state index contributed by atoms with van der Waals surface area (Å²) in [5.41, 5.74) is 1.33. The summed E-state index contributed by atoms with van der Waals surface area (Å²) in [6, 6.07) is 4.34. The van der Waals surface area contributed by atoms with Gasteiger partial charge >= 0.3 is 5.92 Å². The molecule has 7 heteroatoms. The van der Waals surface area contributed by atoms with Gasteiger partial charge < -0.3 is 10.8 Å². The van der Waals surface area contributed by atoms with E-state index in [4.69, 9.17) is 5.73 Å². The van der Waals surface area contributed by atoms with E-state index in [1.165, 1.54) is 12.3 Å². The number of aryl methyl sites for hydroxylation is 1. The van der Waals surface area contributed by atoms with Gasteiger partial charge in [0.05, 0.1) is 0 Å². The maximum atomic E-state index is 14.7. The Morgan fingerprint density at radius 1 is 1.18 bits per heavy atom. The molecule has 1 aromatic carbocycles. The average Bonchev–Trinajstić information content (AvgIpc) is 2.46. The summed E-state index contributed by atoms with van der Waals surface area (Å²) in [6.45, 7) is 0.682. The first-order chi connectivity index (χ1) is 10.2. The molecule has 0 aliphatic heterocycles. The van der Waals surface area contributed by atoms with E-state index in [1.807, 2.05) is 0 Å². The summed E-state index contributed by atoms with van der Waals surface area (Å²) in [7, 11) is 0. The van der Waals surface area contributed by atoms with E-state index in [2.05, 4.69) is 4.98 Å². The third-order valence-corrected chi connectivity index (χ3v) is 3.42. The number of halogens is 4. The molecule has 2 aromatic rings. The van der Waals surface area contributed by atoms with Gasteiger partial charge in [-0.25, -0.2) is 8.78 Å². The number of benzene rings is 1. The lowest BCUT2D eigenvalue weighted by molar-refractivity contribution is -0.193. The summed E-state index contributed by atoms with van der Waals surface area (Å²) in [5, 5.41) is 10.3. The number of rotatable bonds is 4. The van der Waals surface area contributed by atoms with Gasteiger partial charge in [0.15, 0.2) is 5.60 Å². The molecule has 1 unspecified atom stereocenters. The molecule has 1 aromatic heterocycles. The molecule has 0 aliphatic rings. The lowest BCUT2D eigenvalue weighted by Crippen LogP contribution is -2.50. The van der Waals surface area contributed by atoms with Crippen LogP contribution in [0, 0.1) is 18.6 Å². The SMILES string of the molecule is Cc1ccc(C(F)(F)C(O)(CN)c2ccc(F)cc2F)nc1. The Balaban J connectivity index is 2.59. The first kappa shape index (κ1) is 16.4. The molecule has 0 amide bonds. The topological polar surface area (TPSA) is 59.1 Å². The van der Waals surface area contributed by atoms with Crippen LogP contribution in [0.15, 0.2) is 36.5 Å². The highest BCUT2D eigenvalue weighted by Crippen LogP contribution is 2.44. The lowest BCUT2D eigenvalue weighted by Gasteiger charge is -2.35. The van der Waals surface area contributed by atoms with Crippen molar-refractivity contribution in [1.82, 2.24) is 4.98 Å². The van der Waals surface area contributed by atoms with Crippen LogP contribution in [0.1, 0.15) is 16.8 Å². The van der Waals surface area contributed by atoms with Gasteiger partial charge in [0.25, 0.3) is 0 Å². The highest BCUT2D eigenvalue weighted by atomic mass is 19.3. The van der Waals surface area contributed by atoms with Crippen molar-refractivity contribution in [3.05, 3.63) is 65.0 Å². The van der Waals surface area contributed by atoms with Gasteiger partial charge in [-0.2, -0.15) is 8.78 Å². The minimum Gasteiger partial charge on any atom is -0.377 e. The fraction of sp³-hybridized carbons (Fsp3) is 0.267. The Morgan fingerprint density at radius 2 is 1.86 bits per heavy atom. The normalized spacial score (nSPS) is 14.7. The minimum atomic E-state index is -3.96. The smallest absolute Gasteiger partial charge is 0.323 e. The van der Waals surface area contributed by atoms with Gasteiger partial charge in [0, 0.05) is 24.4 Å². The van der Waals surface area contributed by atoms with Crippen LogP contribution in [0.4, 0.5) is 17.6 Å². The zero-order chi connectivity index (χ0) is 16.5. The number of aromatic nitrogens is 1. The summed E-state index contributed by atoms with van der Waals surface area (Å²) in [5.74, 6) is -6.22. The summed E-state index contributed by atoms with van der Waals surface area (Å²) < 4.78 is 56.1. The lowest BCUT2D eigenvalue weighted by atomic mass is 9.85. The van der Waals surface area contributed by atoms with E-state index < -0.39 is 41.0 Å². The third kappa shape index (κ3) is 2.57. The predicted molar refractivity (Wildman–Crippen MR) is 72.2 cm³/mol. The van der Waals surface area contributed by atoms with Crippen LogP contribution in [0.25, 0.3) is 0 Å². The van der Waals surface area contributed by atoms with Gasteiger partial charge in [0.2, 0.25) is 0 Å². The molecular formula is C15H14F4N2O. The monoisotopic (exact) mass is 314 g/mol. The van der Waals surface area contributed by atoms with Crippen molar-refractivity contribution in [3.63, 3.8) is 0 Å². The molecule has 22 heavy (non-hydrogen) atoms. The van der Waals surface area contributed by atoms with E-state index in [1.54, 1.807) is 6.92 Å². The highest BCUT2D eigenvalue weighted by molar-refractivity contribution is 5.31. The van der Waals surface area contributed by atoms with E-state index >= 15 is 0 Å². The van der Waals surface area contributed by atoms with Gasteiger partial charge in [-0.3, -0.25) is 4.98 Å². The number of aliphatic hydroxyl groups is 1. The summed E-state index contributed by atoms with van der Waals surface area (Å²) in [4.78, 5) is 3.57. The van der Waals surface area contributed by atoms with Crippen LogP contribution in [0.5, 0.6) is 0 Å². The summed E-state index contributed by atoms with van der Waals surface area (Å²) in [6.07, 6.45) is 1.20. The Hall–Kier alpha value is -1.99. The molecule has 3 nitrogen and oxygen atoms in total. The van der Waals surface area contributed by atoms with Crippen LogP contribution in [-0.2, 0) is 11.5 Å². The van der Waals surface area contributed by atoms with Crippen molar-refractivity contribution < 1.29 is 22.7 Å². The molecule has 1 heterocycles. The molecule has 0 aliphatic carbocycles. The zero-order valence-electron chi connectivity index (χ0n) is 11.7. The fourth-order valence-corrected chi connectivity index (χ4v) is 2.10. The average molecular weight is 314 g/mol. The first-order valence-electron chi connectivity index (χ1n) is 6.41. The number of nitrogens with zero attached hydrogens (tertiary/aromatic N) is 1. The van der Waals surface area contributed by atoms with Gasteiger partial charge in [0.1, 0.15) is 17.3 Å². The molecule has 0 spiro atoms. The van der Waals surface area contributed by atoms with E-state index in [9.17, 15) is 22.7 Å². The second-order valence-electron chi connectivity index (χ2n) is 4.98. The molecule has 3 N–H and O–H groups in total. The van der Waals surface area contributed by atoms with Crippen molar-refractivity contribution in [3.8, 4) is 0 Å². The number of alkyl halides is 2. The van der Waals surface area contributed by atoms with Gasteiger partial charge in [-0.15, -0.1) is 0 Å². The molecule has 0 bridgehead atoms. The molecule has 0 radical (unpaired) electrons. The molecular weight excluding hydrogens is 300 g/mol. The maximum Gasteiger partial charge on any atom is 0.323 e. The number of hydrogen-bond donors (Lipinski definition) is 2. The largest absolute Gasteiger partial charge is 0.377 e. The van der Waals surface area contributed by atoms with E-state index in [-0.39, 0.29) is 0 Å². The van der Waals surface area contributed by atoms with Crippen molar-refractivity contribution in [2.24, 2.45) is 5.73 Å². The summed E-state index contributed by atoms with van der Waals surface area (Å²) >= 11 is 0. The molecule has 118 valence electrons. The van der Waals surface area contributed by atoms with Crippen molar-refractivity contribution >= 4 is 0 Å². The Kier molecular flexibility index (Phi) is 4.21. The van der Waals surface area contributed by atoms with Crippen molar-refractivity contribution in [2.45, 2.75) is 18.4 Å². The second-order valence-corrected chi connectivity index (χ2v) is 4.98. The van der Waals surface area contributed by atoms with Gasteiger partial charge in [-0.05, 0) is 24.6 Å². The van der Waals surface area contributed by atoms with Crippen LogP contribution >= 0.6 is 0 Å². The molecule has 0 fully saturated rings. The van der Waals surface area contributed by atoms with Crippen LogP contribution in [-0.4, -0.2) is 16.6 Å². The Morgan fingerprint density at radius 3 is 2.36 bits per heavy atom. The molecule has 0 saturated carbocycles. The standard InChI is InChI=1S/C15H14F4N2O/c1-9-2-5-13(21-7-9)15(18,19)14(22,8-20)11-4-3-10(16)6-12(11)17/h2-7,22H,8,20H2,1H3. The number of hydrogen-bond acceptors (Lipinski definition) is 3. The van der Waals surface area contributed by atoms with Gasteiger partial charge in [-0.1, -0.05) is 12.1 Å². The number of pyridine rings is 1. The zero-order valence-corrected chi connectivity index (χ0v) is 11.7. The predicted octanol–water partition coefficient (Wildman–Crippen LogP) is 2.61. The quantitative estimate of drug-likeness (QED) is 0.853. The van der Waals surface area contributed by atoms with Crippen LogP contribution < -0.4 is 5.73 Å². The van der Waals surface area contributed by atoms with E-state index in [0.717, 1.165) is 18.2 Å². The van der Waals surface area contributed by atoms with E-state index in [0.29, 0.717) is 11.6 Å². The Labute approximate surface area is 124 Å². The van der Waals surface area contributed by atoms with Crippen molar-refractivity contribution in [2.75, 3.05) is 6.54 Å². The minimum absolute atomic E-state index is 0.411. The number of nitrogens with two attached hydrogens (primary N) is 1. The Bertz CT molecular complexity index is 676. The fourth-order valence-electron chi connectivity index (χ4n) is 2.10. The van der Waals surface area contributed by atoms with Crippen LogP contribution in [0.3, 0.4) is 0 Å².